The first-order chi connectivity index (χ1) is 14.0. The number of carbonyl (C=O) groups excluding carboxylic acids is 1. The van der Waals surface area contributed by atoms with Crippen LogP contribution in [0.25, 0.3) is 6.08 Å². The van der Waals surface area contributed by atoms with Crippen LogP contribution in [0.4, 0.5) is 23.0 Å². The summed E-state index contributed by atoms with van der Waals surface area (Å²) in [5, 5.41) is 4.72. The molecular weight excluding hydrogens is 368 g/mol. The highest BCUT2D eigenvalue weighted by molar-refractivity contribution is 5.95. The quantitative estimate of drug-likeness (QED) is 0.419. The first kappa shape index (κ1) is 20.0. The van der Waals surface area contributed by atoms with Gasteiger partial charge in [0.25, 0.3) is 5.91 Å². The minimum atomic E-state index is -0.347. The third-order valence-corrected chi connectivity index (χ3v) is 4.28. The van der Waals surface area contributed by atoms with E-state index in [1.54, 1.807) is 18.2 Å². The fourth-order valence-corrected chi connectivity index (χ4v) is 2.75. The molecule has 0 saturated carbocycles. The monoisotopic (exact) mass is 390 g/mol. The molecule has 4 N–H and O–H groups in total. The zero-order valence-electron chi connectivity index (χ0n) is 16.2. The second-order valence-corrected chi connectivity index (χ2v) is 6.16. The Labute approximate surface area is 169 Å². The number of aryl methyl sites for hydroxylation is 1. The van der Waals surface area contributed by atoms with E-state index >= 15 is 0 Å². The Bertz CT molecular complexity index is 1020. The number of hydrogen-bond acceptors (Lipinski definition) is 7. The van der Waals surface area contributed by atoms with Crippen LogP contribution in [0.1, 0.15) is 21.5 Å². The van der Waals surface area contributed by atoms with Crippen molar-refractivity contribution in [1.82, 2.24) is 15.4 Å². The Morgan fingerprint density at radius 1 is 1.21 bits per heavy atom. The first-order valence-electron chi connectivity index (χ1n) is 8.83. The summed E-state index contributed by atoms with van der Waals surface area (Å²) in [6, 6.07) is 14.7. The van der Waals surface area contributed by atoms with E-state index < -0.39 is 0 Å². The smallest absolute Gasteiger partial charge is 0.274 e. The molecule has 8 nitrogen and oxygen atoms in total. The van der Waals surface area contributed by atoms with Gasteiger partial charge in [0.1, 0.15) is 12.1 Å². The Hall–Kier alpha value is -3.75. The molecule has 0 aliphatic carbocycles. The highest BCUT2D eigenvalue weighted by atomic mass is 16.6. The normalized spacial score (nSPS) is 10.3. The molecule has 3 aromatic rings. The van der Waals surface area contributed by atoms with E-state index in [4.69, 9.17) is 10.7 Å². The number of carbonyl (C=O) groups is 1. The number of para-hydroxylation sites is 1. The summed E-state index contributed by atoms with van der Waals surface area (Å²) in [7, 11) is 1.38. The highest BCUT2D eigenvalue weighted by Gasteiger charge is 2.16. The molecule has 0 unspecified atom stereocenters. The fourth-order valence-electron chi connectivity index (χ4n) is 2.75. The Morgan fingerprint density at radius 3 is 2.66 bits per heavy atom. The minimum Gasteiger partial charge on any atom is -0.339 e. The summed E-state index contributed by atoms with van der Waals surface area (Å²) in [6.45, 7) is 5.81. The molecule has 0 bridgehead atoms. The Balaban J connectivity index is 1.97. The number of rotatable bonds is 7. The van der Waals surface area contributed by atoms with Crippen molar-refractivity contribution in [2.75, 3.05) is 17.4 Å². The minimum absolute atomic E-state index is 0.347. The lowest BCUT2D eigenvalue weighted by molar-refractivity contribution is 0.0537. The van der Waals surface area contributed by atoms with E-state index in [1.165, 1.54) is 18.4 Å². The SMILES string of the molecule is C=Cc1c(Nc2cc(C(=O)NOC)ccc2C)ncnc1N(N)c1ccccc1. The average molecular weight is 390 g/mol. The van der Waals surface area contributed by atoms with Crippen LogP contribution < -0.4 is 21.6 Å². The lowest BCUT2D eigenvalue weighted by atomic mass is 10.1. The maximum absolute atomic E-state index is 12.1. The molecule has 1 heterocycles. The van der Waals surface area contributed by atoms with E-state index in [1.807, 2.05) is 43.3 Å². The van der Waals surface area contributed by atoms with Crippen LogP contribution in [0.3, 0.4) is 0 Å². The van der Waals surface area contributed by atoms with Crippen molar-refractivity contribution in [2.24, 2.45) is 5.84 Å². The standard InChI is InChI=1S/C21H22N6O2/c1-4-17-19(23-13-24-20(17)27(22)16-8-6-5-7-9-16)25-18-12-15(11-10-14(18)2)21(28)26-29-3/h4-13H,1,22H2,2-3H3,(H,26,28)(H,23,24,25). The number of aromatic nitrogens is 2. The van der Waals surface area contributed by atoms with Crippen LogP contribution in [0.5, 0.6) is 0 Å². The third kappa shape index (κ3) is 4.40. The summed E-state index contributed by atoms with van der Waals surface area (Å²) in [5.74, 6) is 6.95. The van der Waals surface area contributed by atoms with Gasteiger partial charge in [0.15, 0.2) is 5.82 Å². The number of anilines is 4. The maximum Gasteiger partial charge on any atom is 0.274 e. The lowest BCUT2D eigenvalue weighted by Crippen LogP contribution is -2.27. The molecule has 0 aliphatic heterocycles. The molecule has 8 heteroatoms. The van der Waals surface area contributed by atoms with Gasteiger partial charge in [-0.25, -0.2) is 21.3 Å². The molecule has 0 radical (unpaired) electrons. The molecule has 29 heavy (non-hydrogen) atoms. The molecule has 3 rings (SSSR count). The molecule has 1 amide bonds. The van der Waals surface area contributed by atoms with E-state index in [0.717, 1.165) is 11.3 Å². The van der Waals surface area contributed by atoms with Crippen LogP contribution in [-0.2, 0) is 4.84 Å². The zero-order valence-corrected chi connectivity index (χ0v) is 16.2. The molecule has 148 valence electrons. The Kier molecular flexibility index (Phi) is 6.18. The molecule has 0 saturated heterocycles. The third-order valence-electron chi connectivity index (χ3n) is 4.28. The van der Waals surface area contributed by atoms with Crippen molar-refractivity contribution in [2.45, 2.75) is 6.92 Å². The van der Waals surface area contributed by atoms with Gasteiger partial charge in [-0.3, -0.25) is 14.6 Å². The van der Waals surface area contributed by atoms with Gasteiger partial charge in [0.05, 0.1) is 18.4 Å². The molecule has 0 fully saturated rings. The first-order valence-corrected chi connectivity index (χ1v) is 8.83. The van der Waals surface area contributed by atoms with Crippen molar-refractivity contribution < 1.29 is 9.63 Å². The number of amides is 1. The molecule has 0 spiro atoms. The van der Waals surface area contributed by atoms with Gasteiger partial charge in [0, 0.05) is 11.3 Å². The number of hydrogen-bond donors (Lipinski definition) is 3. The van der Waals surface area contributed by atoms with Gasteiger partial charge in [-0.15, -0.1) is 0 Å². The second kappa shape index (κ2) is 8.96. The largest absolute Gasteiger partial charge is 0.339 e. The van der Waals surface area contributed by atoms with Gasteiger partial charge in [-0.2, -0.15) is 0 Å². The summed E-state index contributed by atoms with van der Waals surface area (Å²) >= 11 is 0. The van der Waals surface area contributed by atoms with Crippen molar-refractivity contribution in [3.8, 4) is 0 Å². The second-order valence-electron chi connectivity index (χ2n) is 6.16. The van der Waals surface area contributed by atoms with Crippen molar-refractivity contribution >= 4 is 35.0 Å². The van der Waals surface area contributed by atoms with E-state index in [0.29, 0.717) is 28.5 Å². The van der Waals surface area contributed by atoms with Crippen molar-refractivity contribution in [3.63, 3.8) is 0 Å². The van der Waals surface area contributed by atoms with Crippen LogP contribution >= 0.6 is 0 Å². The van der Waals surface area contributed by atoms with Crippen LogP contribution in [0.2, 0.25) is 0 Å². The lowest BCUT2D eigenvalue weighted by Gasteiger charge is -2.21. The van der Waals surface area contributed by atoms with Gasteiger partial charge < -0.3 is 5.32 Å². The summed E-state index contributed by atoms with van der Waals surface area (Å²) in [5.41, 5.74) is 5.80. The van der Waals surface area contributed by atoms with E-state index in [-0.39, 0.29) is 5.91 Å². The predicted octanol–water partition coefficient (Wildman–Crippen LogP) is 3.47. The maximum atomic E-state index is 12.1. The fraction of sp³-hybridized carbons (Fsp3) is 0.0952. The zero-order chi connectivity index (χ0) is 20.8. The highest BCUT2D eigenvalue weighted by Crippen LogP contribution is 2.30. The van der Waals surface area contributed by atoms with E-state index in [2.05, 4.69) is 27.3 Å². The van der Waals surface area contributed by atoms with Gasteiger partial charge in [-0.1, -0.05) is 36.9 Å². The van der Waals surface area contributed by atoms with E-state index in [9.17, 15) is 4.79 Å². The summed E-state index contributed by atoms with van der Waals surface area (Å²) < 4.78 is 0. The summed E-state index contributed by atoms with van der Waals surface area (Å²) in [4.78, 5) is 25.4. The number of hydroxylamine groups is 1. The number of nitrogens with zero attached hydrogens (tertiary/aromatic N) is 3. The number of hydrazine groups is 1. The van der Waals surface area contributed by atoms with Crippen LogP contribution in [0.15, 0.2) is 61.4 Å². The topological polar surface area (TPSA) is 105 Å². The van der Waals surface area contributed by atoms with Crippen molar-refractivity contribution in [1.29, 1.82) is 0 Å². The average Bonchev–Trinajstić information content (AvgIpc) is 2.75. The van der Waals surface area contributed by atoms with Gasteiger partial charge in [0.2, 0.25) is 0 Å². The number of benzene rings is 2. The molecule has 1 aromatic heterocycles. The molecule has 2 aromatic carbocycles. The number of nitrogens with one attached hydrogen (secondary N) is 2. The van der Waals surface area contributed by atoms with Crippen LogP contribution in [0, 0.1) is 6.92 Å². The summed E-state index contributed by atoms with van der Waals surface area (Å²) in [6.07, 6.45) is 3.06. The molecule has 0 aliphatic rings. The Morgan fingerprint density at radius 2 is 1.97 bits per heavy atom. The number of nitrogens with two attached hydrogens (primary N) is 1. The van der Waals surface area contributed by atoms with Gasteiger partial charge >= 0.3 is 0 Å². The van der Waals surface area contributed by atoms with Crippen LogP contribution in [-0.4, -0.2) is 23.0 Å². The molecular formula is C21H22N6O2. The van der Waals surface area contributed by atoms with Crippen molar-refractivity contribution in [3.05, 3.63) is 78.1 Å². The predicted molar refractivity (Wildman–Crippen MR) is 114 cm³/mol. The van der Waals surface area contributed by atoms with Gasteiger partial charge in [-0.05, 0) is 36.8 Å². The molecule has 0 atom stereocenters.